The predicted octanol–water partition coefficient (Wildman–Crippen LogP) is 1.41. The molecule has 0 spiro atoms. The summed E-state index contributed by atoms with van der Waals surface area (Å²) in [4.78, 5) is 22.8. The summed E-state index contributed by atoms with van der Waals surface area (Å²) in [5, 5.41) is 6.24. The van der Waals surface area contributed by atoms with Crippen LogP contribution in [0.3, 0.4) is 0 Å². The van der Waals surface area contributed by atoms with E-state index >= 15 is 0 Å². The van der Waals surface area contributed by atoms with Crippen molar-refractivity contribution in [3.05, 3.63) is 24.3 Å². The molecule has 1 heterocycles. The van der Waals surface area contributed by atoms with Crippen molar-refractivity contribution in [2.24, 2.45) is 5.73 Å². The van der Waals surface area contributed by atoms with E-state index in [0.717, 1.165) is 19.4 Å². The first kappa shape index (κ1) is 16.3. The summed E-state index contributed by atoms with van der Waals surface area (Å²) in [5.74, 6) is 0.112. The van der Waals surface area contributed by atoms with E-state index in [9.17, 15) is 9.59 Å². The number of carbonyl (C=O) groups excluding carboxylic acids is 2. The Hall–Kier alpha value is -2.08. The van der Waals surface area contributed by atoms with Crippen molar-refractivity contribution in [2.75, 3.05) is 18.5 Å². The highest BCUT2D eigenvalue weighted by atomic mass is 16.5. The highest BCUT2D eigenvalue weighted by Crippen LogP contribution is 2.24. The van der Waals surface area contributed by atoms with Crippen molar-refractivity contribution >= 4 is 17.5 Å². The van der Waals surface area contributed by atoms with Gasteiger partial charge in [0.25, 0.3) is 0 Å². The number of nitrogens with one attached hydrogen (secondary N) is 2. The molecular weight excluding hydrogens is 282 g/mol. The van der Waals surface area contributed by atoms with Crippen LogP contribution in [0.2, 0.25) is 0 Å². The van der Waals surface area contributed by atoms with Gasteiger partial charge in [-0.15, -0.1) is 0 Å². The summed E-state index contributed by atoms with van der Waals surface area (Å²) in [6.45, 7) is 1.25. The summed E-state index contributed by atoms with van der Waals surface area (Å²) < 4.78 is 5.50. The zero-order valence-corrected chi connectivity index (χ0v) is 12.6. The molecule has 4 N–H and O–H groups in total. The number of nitrogens with two attached hydrogens (primary N) is 1. The van der Waals surface area contributed by atoms with Crippen LogP contribution in [0.1, 0.15) is 32.1 Å². The molecule has 6 nitrogen and oxygen atoms in total. The lowest BCUT2D eigenvalue weighted by Crippen LogP contribution is -2.23. The lowest BCUT2D eigenvalue weighted by atomic mass is 10.1. The zero-order valence-electron chi connectivity index (χ0n) is 12.6. The fourth-order valence-corrected chi connectivity index (χ4v) is 2.48. The lowest BCUT2D eigenvalue weighted by molar-refractivity contribution is -0.118. The van der Waals surface area contributed by atoms with Gasteiger partial charge >= 0.3 is 0 Å². The van der Waals surface area contributed by atoms with Gasteiger partial charge in [0.05, 0.1) is 18.7 Å². The van der Waals surface area contributed by atoms with Crippen molar-refractivity contribution in [1.29, 1.82) is 0 Å². The summed E-state index contributed by atoms with van der Waals surface area (Å²) in [5.41, 5.74) is 5.70. The third kappa shape index (κ3) is 5.37. The predicted molar refractivity (Wildman–Crippen MR) is 84.6 cm³/mol. The van der Waals surface area contributed by atoms with Crippen molar-refractivity contribution in [1.82, 2.24) is 5.32 Å². The molecule has 6 heteroatoms. The van der Waals surface area contributed by atoms with Gasteiger partial charge in [-0.25, -0.2) is 0 Å². The number of primary amides is 1. The molecule has 2 rings (SSSR count). The SMILES string of the molecule is NC(=O)CCOc1ccccc1NC(=O)CCC1CCCN1. The van der Waals surface area contributed by atoms with Gasteiger partial charge in [-0.3, -0.25) is 9.59 Å². The fraction of sp³-hybridized carbons (Fsp3) is 0.500. The number of rotatable bonds is 8. The Morgan fingerprint density at radius 3 is 2.86 bits per heavy atom. The largest absolute Gasteiger partial charge is 0.491 e. The molecule has 1 aromatic carbocycles. The van der Waals surface area contributed by atoms with Gasteiger partial charge in [0, 0.05) is 12.5 Å². The van der Waals surface area contributed by atoms with Crippen LogP contribution in [0.15, 0.2) is 24.3 Å². The first-order valence-electron chi connectivity index (χ1n) is 7.68. The Kier molecular flexibility index (Phi) is 6.21. The Bertz CT molecular complexity index is 513. The third-order valence-corrected chi connectivity index (χ3v) is 3.65. The third-order valence-electron chi connectivity index (χ3n) is 3.65. The molecule has 1 atom stereocenters. The molecule has 2 amide bonds. The van der Waals surface area contributed by atoms with Gasteiger partial charge in [0.15, 0.2) is 0 Å². The molecule has 0 aromatic heterocycles. The molecule has 1 aliphatic heterocycles. The number of hydrogen-bond donors (Lipinski definition) is 3. The van der Waals surface area contributed by atoms with Crippen molar-refractivity contribution in [3.8, 4) is 5.75 Å². The van der Waals surface area contributed by atoms with Gasteiger partial charge in [0.1, 0.15) is 5.75 Å². The van der Waals surface area contributed by atoms with Crippen molar-refractivity contribution in [2.45, 2.75) is 38.1 Å². The van der Waals surface area contributed by atoms with E-state index in [1.165, 1.54) is 6.42 Å². The molecule has 1 saturated heterocycles. The number of para-hydroxylation sites is 2. The quantitative estimate of drug-likeness (QED) is 0.677. The normalized spacial score (nSPS) is 17.2. The highest BCUT2D eigenvalue weighted by molar-refractivity contribution is 5.92. The zero-order chi connectivity index (χ0) is 15.8. The van der Waals surface area contributed by atoms with Crippen LogP contribution in [-0.4, -0.2) is 31.0 Å². The van der Waals surface area contributed by atoms with Gasteiger partial charge in [-0.2, -0.15) is 0 Å². The van der Waals surface area contributed by atoms with Crippen molar-refractivity contribution < 1.29 is 14.3 Å². The van der Waals surface area contributed by atoms with Crippen LogP contribution < -0.4 is 21.1 Å². The fourth-order valence-electron chi connectivity index (χ4n) is 2.48. The average Bonchev–Trinajstić information content (AvgIpc) is 3.00. The van der Waals surface area contributed by atoms with E-state index in [-0.39, 0.29) is 18.9 Å². The van der Waals surface area contributed by atoms with Crippen LogP contribution in [0, 0.1) is 0 Å². The van der Waals surface area contributed by atoms with E-state index in [2.05, 4.69) is 10.6 Å². The van der Waals surface area contributed by atoms with E-state index < -0.39 is 5.91 Å². The molecule has 120 valence electrons. The maximum atomic E-state index is 12.0. The average molecular weight is 305 g/mol. The second-order valence-corrected chi connectivity index (χ2v) is 5.44. The molecule has 1 aliphatic rings. The van der Waals surface area contributed by atoms with Gasteiger partial charge in [0.2, 0.25) is 11.8 Å². The highest BCUT2D eigenvalue weighted by Gasteiger charge is 2.16. The van der Waals surface area contributed by atoms with Crippen LogP contribution in [0.5, 0.6) is 5.75 Å². The Balaban J connectivity index is 1.82. The maximum Gasteiger partial charge on any atom is 0.224 e. The lowest BCUT2D eigenvalue weighted by Gasteiger charge is -2.13. The van der Waals surface area contributed by atoms with E-state index in [1.807, 2.05) is 12.1 Å². The standard InChI is InChI=1S/C16H23N3O3/c17-15(20)9-11-22-14-6-2-1-5-13(14)19-16(21)8-7-12-4-3-10-18-12/h1-2,5-6,12,18H,3-4,7-11H2,(H2,17,20)(H,19,21). The molecule has 0 aliphatic carbocycles. The minimum atomic E-state index is -0.411. The molecule has 1 aromatic rings. The first-order valence-corrected chi connectivity index (χ1v) is 7.68. The number of ether oxygens (including phenoxy) is 1. The molecule has 1 unspecified atom stereocenters. The van der Waals surface area contributed by atoms with Crippen LogP contribution in [0.25, 0.3) is 0 Å². The Morgan fingerprint density at radius 1 is 1.32 bits per heavy atom. The Labute approximate surface area is 130 Å². The van der Waals surface area contributed by atoms with E-state index in [4.69, 9.17) is 10.5 Å². The summed E-state index contributed by atoms with van der Waals surface area (Å²) >= 11 is 0. The summed E-state index contributed by atoms with van der Waals surface area (Å²) in [7, 11) is 0. The smallest absolute Gasteiger partial charge is 0.224 e. The molecule has 0 bridgehead atoms. The molecule has 22 heavy (non-hydrogen) atoms. The molecule has 0 radical (unpaired) electrons. The topological polar surface area (TPSA) is 93.5 Å². The second-order valence-electron chi connectivity index (χ2n) is 5.44. The minimum Gasteiger partial charge on any atom is -0.491 e. The first-order chi connectivity index (χ1) is 10.6. The molecule has 1 fully saturated rings. The number of hydrogen-bond acceptors (Lipinski definition) is 4. The van der Waals surface area contributed by atoms with Crippen molar-refractivity contribution in [3.63, 3.8) is 0 Å². The monoisotopic (exact) mass is 305 g/mol. The van der Waals surface area contributed by atoms with Gasteiger partial charge in [-0.05, 0) is 37.9 Å². The molecular formula is C16H23N3O3. The molecule has 0 saturated carbocycles. The number of carbonyl (C=O) groups is 2. The van der Waals surface area contributed by atoms with Gasteiger partial charge in [-0.1, -0.05) is 12.1 Å². The van der Waals surface area contributed by atoms with Crippen LogP contribution in [0.4, 0.5) is 5.69 Å². The summed E-state index contributed by atoms with van der Waals surface area (Å²) in [6.07, 6.45) is 3.79. The maximum absolute atomic E-state index is 12.0. The van der Waals surface area contributed by atoms with Crippen LogP contribution >= 0.6 is 0 Å². The second kappa shape index (κ2) is 8.38. The van der Waals surface area contributed by atoms with Gasteiger partial charge < -0.3 is 21.1 Å². The van der Waals surface area contributed by atoms with Crippen LogP contribution in [-0.2, 0) is 9.59 Å². The number of amides is 2. The summed E-state index contributed by atoms with van der Waals surface area (Å²) in [6, 6.07) is 7.64. The number of anilines is 1. The van der Waals surface area contributed by atoms with E-state index in [0.29, 0.717) is 23.9 Å². The number of benzene rings is 1. The minimum absolute atomic E-state index is 0.0281. The Morgan fingerprint density at radius 2 is 2.14 bits per heavy atom. The van der Waals surface area contributed by atoms with E-state index in [1.54, 1.807) is 12.1 Å².